The number of aromatic nitrogens is 1. The molecule has 2 rings (SSSR count). The minimum atomic E-state index is -1.01. The maximum Gasteiger partial charge on any atom is 0.311 e. The molecule has 0 saturated carbocycles. The normalized spacial score (nSPS) is 10.4. The molecule has 0 bridgehead atoms. The lowest BCUT2D eigenvalue weighted by molar-refractivity contribution is -0.384. The Bertz CT molecular complexity index is 674. The number of benzene rings is 1. The number of pyridine rings is 1. The van der Waals surface area contributed by atoms with E-state index in [1.165, 1.54) is 6.07 Å². The van der Waals surface area contributed by atoms with E-state index in [0.717, 1.165) is 12.1 Å². The van der Waals surface area contributed by atoms with Crippen LogP contribution in [0.25, 0.3) is 0 Å². The molecule has 9 heteroatoms. The molecule has 0 atom stereocenters. The van der Waals surface area contributed by atoms with E-state index in [-0.39, 0.29) is 21.7 Å². The molecule has 0 saturated heterocycles. The molecule has 20 heavy (non-hydrogen) atoms. The fourth-order valence-electron chi connectivity index (χ4n) is 1.45. The van der Waals surface area contributed by atoms with Gasteiger partial charge < -0.3 is 5.32 Å². The highest BCUT2D eigenvalue weighted by molar-refractivity contribution is 6.33. The zero-order chi connectivity index (χ0) is 14.9. The van der Waals surface area contributed by atoms with E-state index in [1.807, 2.05) is 0 Å². The number of nitro groups is 1. The number of nitrogens with zero attached hydrogens (tertiary/aromatic N) is 2. The number of hydrogen-bond donors (Lipinski definition) is 1. The molecule has 2 aromatic rings. The Hall–Kier alpha value is -1.99. The summed E-state index contributed by atoms with van der Waals surface area (Å²) in [7, 11) is 0. The van der Waals surface area contributed by atoms with E-state index in [1.54, 1.807) is 0 Å². The predicted octanol–water partition coefficient (Wildman–Crippen LogP) is 4.32. The minimum absolute atomic E-state index is 0.0308. The highest BCUT2D eigenvalue weighted by Gasteiger charge is 2.19. The van der Waals surface area contributed by atoms with E-state index < -0.39 is 22.2 Å². The number of hydrogen-bond acceptors (Lipinski definition) is 4. The second-order valence-corrected chi connectivity index (χ2v) is 4.42. The Balaban J connectivity index is 2.50. The molecule has 1 aromatic carbocycles. The van der Waals surface area contributed by atoms with Gasteiger partial charge >= 0.3 is 5.69 Å². The summed E-state index contributed by atoms with van der Waals surface area (Å²) >= 11 is 11.3. The van der Waals surface area contributed by atoms with Gasteiger partial charge in [0.25, 0.3) is 0 Å². The molecular formula is C11H5Cl2F2N3O2. The van der Waals surface area contributed by atoms with Crippen molar-refractivity contribution in [1.82, 2.24) is 4.98 Å². The predicted molar refractivity (Wildman–Crippen MR) is 70.6 cm³/mol. The summed E-state index contributed by atoms with van der Waals surface area (Å²) in [6.45, 7) is 0. The van der Waals surface area contributed by atoms with Gasteiger partial charge in [0.2, 0.25) is 5.82 Å². The van der Waals surface area contributed by atoms with Crippen molar-refractivity contribution in [3.05, 3.63) is 56.2 Å². The zero-order valence-corrected chi connectivity index (χ0v) is 11.0. The lowest BCUT2D eigenvalue weighted by atomic mass is 10.3. The number of anilines is 2. The van der Waals surface area contributed by atoms with Gasteiger partial charge in [-0.3, -0.25) is 10.1 Å². The average Bonchev–Trinajstić information content (AvgIpc) is 2.33. The first-order valence-corrected chi connectivity index (χ1v) is 5.86. The van der Waals surface area contributed by atoms with E-state index in [4.69, 9.17) is 23.2 Å². The Morgan fingerprint density at radius 2 is 1.95 bits per heavy atom. The van der Waals surface area contributed by atoms with Crippen LogP contribution in [0.1, 0.15) is 0 Å². The van der Waals surface area contributed by atoms with Gasteiger partial charge in [0.1, 0.15) is 11.0 Å². The molecule has 0 unspecified atom stereocenters. The number of rotatable bonds is 3. The first-order valence-electron chi connectivity index (χ1n) is 5.11. The molecule has 0 aliphatic rings. The molecule has 5 nitrogen and oxygen atoms in total. The topological polar surface area (TPSA) is 68.1 Å². The largest absolute Gasteiger partial charge is 0.331 e. The van der Waals surface area contributed by atoms with Gasteiger partial charge in [-0.15, -0.1) is 0 Å². The van der Waals surface area contributed by atoms with Crippen molar-refractivity contribution in [3.8, 4) is 0 Å². The summed E-state index contributed by atoms with van der Waals surface area (Å²) in [4.78, 5) is 13.8. The second kappa shape index (κ2) is 5.56. The first-order chi connectivity index (χ1) is 9.38. The van der Waals surface area contributed by atoms with Crippen molar-refractivity contribution in [3.63, 3.8) is 0 Å². The quantitative estimate of drug-likeness (QED) is 0.519. The third-order valence-corrected chi connectivity index (χ3v) is 2.80. The van der Waals surface area contributed by atoms with Crippen LogP contribution >= 0.6 is 23.2 Å². The van der Waals surface area contributed by atoms with E-state index >= 15 is 0 Å². The summed E-state index contributed by atoms with van der Waals surface area (Å²) in [5, 5.41) is 12.9. The standard InChI is InChI=1S/C11H5Cl2F2N3O2/c12-6-3-5(14)4-7(15)10(6)17-11-8(18(19)20)1-2-9(13)16-11/h1-4H,(H,16,17). The monoisotopic (exact) mass is 319 g/mol. The molecule has 0 fully saturated rings. The van der Waals surface area contributed by atoms with E-state index in [0.29, 0.717) is 6.07 Å². The second-order valence-electron chi connectivity index (χ2n) is 3.63. The maximum atomic E-state index is 13.6. The Labute approximate surface area is 121 Å². The van der Waals surface area contributed by atoms with Crippen LogP contribution in [0.4, 0.5) is 26.0 Å². The van der Waals surface area contributed by atoms with Gasteiger partial charge in [0, 0.05) is 12.1 Å². The summed E-state index contributed by atoms with van der Waals surface area (Å²) < 4.78 is 26.5. The molecule has 1 aromatic heterocycles. The Morgan fingerprint density at radius 3 is 2.55 bits per heavy atom. The van der Waals surface area contributed by atoms with E-state index in [9.17, 15) is 18.9 Å². The average molecular weight is 320 g/mol. The van der Waals surface area contributed by atoms with Crippen LogP contribution in [0.2, 0.25) is 10.2 Å². The van der Waals surface area contributed by atoms with Gasteiger partial charge in [0.15, 0.2) is 5.82 Å². The molecule has 0 spiro atoms. The summed E-state index contributed by atoms with van der Waals surface area (Å²) in [6.07, 6.45) is 0. The lowest BCUT2D eigenvalue weighted by Gasteiger charge is -2.09. The van der Waals surface area contributed by atoms with Gasteiger partial charge in [-0.2, -0.15) is 0 Å². The highest BCUT2D eigenvalue weighted by atomic mass is 35.5. The molecular weight excluding hydrogens is 315 g/mol. The fourth-order valence-corrected chi connectivity index (χ4v) is 1.84. The van der Waals surface area contributed by atoms with Crippen LogP contribution in [0.15, 0.2) is 24.3 Å². The molecule has 0 amide bonds. The molecule has 0 aliphatic heterocycles. The lowest BCUT2D eigenvalue weighted by Crippen LogP contribution is -2.02. The molecule has 104 valence electrons. The van der Waals surface area contributed by atoms with Crippen molar-refractivity contribution in [2.24, 2.45) is 0 Å². The molecule has 1 heterocycles. The third-order valence-electron chi connectivity index (χ3n) is 2.29. The minimum Gasteiger partial charge on any atom is -0.331 e. The SMILES string of the molecule is O=[N+]([O-])c1ccc(Cl)nc1Nc1c(F)cc(F)cc1Cl. The van der Waals surface area contributed by atoms with Crippen molar-refractivity contribution < 1.29 is 13.7 Å². The Morgan fingerprint density at radius 1 is 1.25 bits per heavy atom. The third kappa shape index (κ3) is 2.94. The van der Waals surface area contributed by atoms with Crippen molar-refractivity contribution in [1.29, 1.82) is 0 Å². The van der Waals surface area contributed by atoms with Crippen LogP contribution in [0.3, 0.4) is 0 Å². The number of halogens is 4. The van der Waals surface area contributed by atoms with Gasteiger partial charge in [-0.1, -0.05) is 23.2 Å². The van der Waals surface area contributed by atoms with E-state index in [2.05, 4.69) is 10.3 Å². The van der Waals surface area contributed by atoms with Gasteiger partial charge in [-0.25, -0.2) is 13.8 Å². The maximum absolute atomic E-state index is 13.6. The smallest absolute Gasteiger partial charge is 0.311 e. The zero-order valence-electron chi connectivity index (χ0n) is 9.53. The van der Waals surface area contributed by atoms with Gasteiger partial charge in [-0.05, 0) is 12.1 Å². The van der Waals surface area contributed by atoms with Crippen LogP contribution in [0, 0.1) is 21.7 Å². The molecule has 0 radical (unpaired) electrons. The van der Waals surface area contributed by atoms with Crippen LogP contribution in [0.5, 0.6) is 0 Å². The molecule has 1 N–H and O–H groups in total. The van der Waals surface area contributed by atoms with Crippen LogP contribution < -0.4 is 5.32 Å². The van der Waals surface area contributed by atoms with Crippen LogP contribution in [-0.2, 0) is 0 Å². The van der Waals surface area contributed by atoms with Crippen molar-refractivity contribution >= 4 is 40.4 Å². The Kier molecular flexibility index (Phi) is 4.01. The fraction of sp³-hybridized carbons (Fsp3) is 0. The summed E-state index contributed by atoms with van der Waals surface area (Å²) in [5.41, 5.74) is -0.750. The number of nitrogens with one attached hydrogen (secondary N) is 1. The highest BCUT2D eigenvalue weighted by Crippen LogP contribution is 2.32. The van der Waals surface area contributed by atoms with Crippen molar-refractivity contribution in [2.45, 2.75) is 0 Å². The molecule has 0 aliphatic carbocycles. The van der Waals surface area contributed by atoms with Crippen molar-refractivity contribution in [2.75, 3.05) is 5.32 Å². The summed E-state index contributed by atoms with van der Waals surface area (Å²) in [6, 6.07) is 3.77. The first kappa shape index (κ1) is 14.4. The summed E-state index contributed by atoms with van der Waals surface area (Å²) in [5.74, 6) is -2.17. The van der Waals surface area contributed by atoms with Crippen LogP contribution in [-0.4, -0.2) is 9.91 Å². The van der Waals surface area contributed by atoms with Gasteiger partial charge in [0.05, 0.1) is 15.6 Å².